The van der Waals surface area contributed by atoms with Crippen molar-refractivity contribution in [3.8, 4) is 0 Å². The lowest BCUT2D eigenvalue weighted by molar-refractivity contribution is -0.161. The van der Waals surface area contributed by atoms with E-state index in [0.29, 0.717) is 6.54 Å². The summed E-state index contributed by atoms with van der Waals surface area (Å²) in [4.78, 5) is 12.1. The topological polar surface area (TPSA) is 58.6 Å². The van der Waals surface area contributed by atoms with Gasteiger partial charge in [-0.15, -0.1) is 0 Å². The molecule has 0 bridgehead atoms. The summed E-state index contributed by atoms with van der Waals surface area (Å²) in [5.74, 6) is -0.122. The summed E-state index contributed by atoms with van der Waals surface area (Å²) >= 11 is 0. The van der Waals surface area contributed by atoms with Crippen LogP contribution in [-0.4, -0.2) is 30.8 Å². The van der Waals surface area contributed by atoms with Crippen LogP contribution in [0.15, 0.2) is 24.3 Å². The SMILES string of the molecule is CC[C@@H](NC[C@H](O)c1ccc(C)cc1)C1(C(=O)OC)CCC1. The van der Waals surface area contributed by atoms with Crippen molar-refractivity contribution in [2.75, 3.05) is 13.7 Å². The van der Waals surface area contributed by atoms with E-state index in [2.05, 4.69) is 12.2 Å². The summed E-state index contributed by atoms with van der Waals surface area (Å²) in [7, 11) is 1.45. The van der Waals surface area contributed by atoms with Crippen LogP contribution < -0.4 is 5.32 Å². The molecule has 0 heterocycles. The fraction of sp³-hybridized carbons (Fsp3) is 0.611. The maximum absolute atomic E-state index is 12.1. The Bertz CT molecular complexity index is 494. The van der Waals surface area contributed by atoms with E-state index < -0.39 is 11.5 Å². The van der Waals surface area contributed by atoms with E-state index >= 15 is 0 Å². The third-order valence-corrected chi connectivity index (χ3v) is 4.93. The predicted octanol–water partition coefficient (Wildman–Crippen LogP) is 2.74. The fourth-order valence-electron chi connectivity index (χ4n) is 3.35. The number of aliphatic hydroxyl groups is 1. The molecule has 2 atom stereocenters. The predicted molar refractivity (Wildman–Crippen MR) is 86.5 cm³/mol. The molecule has 0 aromatic heterocycles. The van der Waals surface area contributed by atoms with E-state index in [1.165, 1.54) is 12.7 Å². The second kappa shape index (κ2) is 7.25. The molecule has 1 aromatic carbocycles. The Hall–Kier alpha value is -1.39. The van der Waals surface area contributed by atoms with Crippen molar-refractivity contribution in [2.45, 2.75) is 51.7 Å². The van der Waals surface area contributed by atoms with Gasteiger partial charge in [0.05, 0.1) is 18.6 Å². The maximum Gasteiger partial charge on any atom is 0.313 e. The number of benzene rings is 1. The highest BCUT2D eigenvalue weighted by atomic mass is 16.5. The largest absolute Gasteiger partial charge is 0.469 e. The first kappa shape index (κ1) is 17.0. The lowest BCUT2D eigenvalue weighted by atomic mass is 9.63. The smallest absolute Gasteiger partial charge is 0.313 e. The van der Waals surface area contributed by atoms with Gasteiger partial charge in [0.25, 0.3) is 0 Å². The van der Waals surface area contributed by atoms with Crippen molar-refractivity contribution >= 4 is 5.97 Å². The molecule has 0 aliphatic heterocycles. The molecule has 1 fully saturated rings. The highest BCUT2D eigenvalue weighted by molar-refractivity contribution is 5.78. The molecule has 0 unspecified atom stereocenters. The third kappa shape index (κ3) is 3.33. The molecule has 1 aliphatic rings. The van der Waals surface area contributed by atoms with Crippen LogP contribution in [0.1, 0.15) is 49.8 Å². The second-order valence-electron chi connectivity index (χ2n) is 6.30. The van der Waals surface area contributed by atoms with Crippen LogP contribution in [0.5, 0.6) is 0 Å². The third-order valence-electron chi connectivity index (χ3n) is 4.93. The number of aryl methyl sites for hydroxylation is 1. The van der Waals surface area contributed by atoms with Gasteiger partial charge in [-0.05, 0) is 31.7 Å². The lowest BCUT2D eigenvalue weighted by Gasteiger charge is -2.45. The average Bonchev–Trinajstić information content (AvgIpc) is 2.49. The van der Waals surface area contributed by atoms with Crippen LogP contribution in [0.3, 0.4) is 0 Å². The minimum absolute atomic E-state index is 0.0498. The molecule has 2 rings (SSSR count). The summed E-state index contributed by atoms with van der Waals surface area (Å²) in [5.41, 5.74) is 1.67. The number of hydrogen-bond acceptors (Lipinski definition) is 4. The Balaban J connectivity index is 1.98. The highest BCUT2D eigenvalue weighted by Crippen LogP contribution is 2.46. The number of nitrogens with one attached hydrogen (secondary N) is 1. The monoisotopic (exact) mass is 305 g/mol. The number of esters is 1. The molecule has 1 aliphatic carbocycles. The van der Waals surface area contributed by atoms with E-state index in [9.17, 15) is 9.90 Å². The second-order valence-corrected chi connectivity index (χ2v) is 6.30. The Morgan fingerprint density at radius 2 is 2.00 bits per heavy atom. The highest BCUT2D eigenvalue weighted by Gasteiger charge is 2.50. The number of carbonyl (C=O) groups excluding carboxylic acids is 1. The Labute approximate surface area is 132 Å². The molecule has 4 heteroatoms. The van der Waals surface area contributed by atoms with Gasteiger partial charge < -0.3 is 15.2 Å². The van der Waals surface area contributed by atoms with Crippen LogP contribution >= 0.6 is 0 Å². The van der Waals surface area contributed by atoms with E-state index in [-0.39, 0.29) is 12.0 Å². The van der Waals surface area contributed by atoms with Crippen LogP contribution in [0, 0.1) is 12.3 Å². The number of carbonyl (C=O) groups is 1. The van der Waals surface area contributed by atoms with Gasteiger partial charge in [-0.25, -0.2) is 0 Å². The molecule has 1 aromatic rings. The Morgan fingerprint density at radius 3 is 2.45 bits per heavy atom. The van der Waals surface area contributed by atoms with Crippen molar-refractivity contribution < 1.29 is 14.6 Å². The zero-order chi connectivity index (χ0) is 16.2. The molecular weight excluding hydrogens is 278 g/mol. The summed E-state index contributed by atoms with van der Waals surface area (Å²) in [6.45, 7) is 4.54. The first-order valence-corrected chi connectivity index (χ1v) is 8.10. The molecule has 0 saturated heterocycles. The standard InChI is InChI=1S/C18H27NO3/c1-4-16(18(10-5-11-18)17(21)22-3)19-12-15(20)14-8-6-13(2)7-9-14/h6-9,15-16,19-20H,4-5,10-12H2,1-3H3/t15-,16+/m0/s1. The van der Waals surface area contributed by atoms with E-state index in [1.54, 1.807) is 0 Å². The van der Waals surface area contributed by atoms with Crippen LogP contribution in [0.25, 0.3) is 0 Å². The van der Waals surface area contributed by atoms with Gasteiger partial charge in [0, 0.05) is 12.6 Å². The number of ether oxygens (including phenoxy) is 1. The molecule has 0 amide bonds. The van der Waals surface area contributed by atoms with Crippen LogP contribution in [0.2, 0.25) is 0 Å². The average molecular weight is 305 g/mol. The molecule has 1 saturated carbocycles. The molecule has 2 N–H and O–H groups in total. The van der Waals surface area contributed by atoms with E-state index in [0.717, 1.165) is 31.2 Å². The number of aliphatic hydroxyl groups excluding tert-OH is 1. The van der Waals surface area contributed by atoms with E-state index in [1.807, 2.05) is 31.2 Å². The van der Waals surface area contributed by atoms with Crippen LogP contribution in [0.4, 0.5) is 0 Å². The van der Waals surface area contributed by atoms with Crippen molar-refractivity contribution in [3.63, 3.8) is 0 Å². The summed E-state index contributed by atoms with van der Waals surface area (Å²) in [6, 6.07) is 7.94. The van der Waals surface area contributed by atoms with E-state index in [4.69, 9.17) is 4.74 Å². The number of hydrogen-bond donors (Lipinski definition) is 2. The molecule has 22 heavy (non-hydrogen) atoms. The minimum atomic E-state index is -0.565. The molecule has 4 nitrogen and oxygen atoms in total. The van der Waals surface area contributed by atoms with Crippen molar-refractivity contribution in [1.82, 2.24) is 5.32 Å². The first-order valence-electron chi connectivity index (χ1n) is 8.10. The number of rotatable bonds is 7. The maximum atomic E-state index is 12.1. The first-order chi connectivity index (χ1) is 10.5. The van der Waals surface area contributed by atoms with Gasteiger partial charge in [0.2, 0.25) is 0 Å². The minimum Gasteiger partial charge on any atom is -0.469 e. The van der Waals surface area contributed by atoms with Gasteiger partial charge >= 0.3 is 5.97 Å². The molecular formula is C18H27NO3. The van der Waals surface area contributed by atoms with Crippen molar-refractivity contribution in [2.24, 2.45) is 5.41 Å². The fourth-order valence-corrected chi connectivity index (χ4v) is 3.35. The lowest BCUT2D eigenvalue weighted by Crippen LogP contribution is -2.55. The van der Waals surface area contributed by atoms with Gasteiger partial charge in [0.1, 0.15) is 0 Å². The zero-order valence-electron chi connectivity index (χ0n) is 13.8. The Kier molecular flexibility index (Phi) is 5.59. The quantitative estimate of drug-likeness (QED) is 0.761. The molecule has 122 valence electrons. The normalized spacial score (nSPS) is 19.1. The summed E-state index contributed by atoms with van der Waals surface area (Å²) in [6.07, 6.45) is 3.07. The zero-order valence-corrected chi connectivity index (χ0v) is 13.8. The van der Waals surface area contributed by atoms with Gasteiger partial charge in [0.15, 0.2) is 0 Å². The van der Waals surface area contributed by atoms with Crippen molar-refractivity contribution in [3.05, 3.63) is 35.4 Å². The van der Waals surface area contributed by atoms with Gasteiger partial charge in [-0.3, -0.25) is 4.79 Å². The van der Waals surface area contributed by atoms with Gasteiger partial charge in [-0.2, -0.15) is 0 Å². The number of methoxy groups -OCH3 is 1. The summed E-state index contributed by atoms with van der Waals surface area (Å²) in [5, 5.41) is 13.7. The molecule has 0 spiro atoms. The van der Waals surface area contributed by atoms with Gasteiger partial charge in [-0.1, -0.05) is 43.2 Å². The van der Waals surface area contributed by atoms with Crippen molar-refractivity contribution in [1.29, 1.82) is 0 Å². The molecule has 0 radical (unpaired) electrons. The summed E-state index contributed by atoms with van der Waals surface area (Å²) < 4.78 is 5.00. The van der Waals surface area contributed by atoms with Crippen LogP contribution in [-0.2, 0) is 9.53 Å². The Morgan fingerprint density at radius 1 is 1.36 bits per heavy atom.